The van der Waals surface area contributed by atoms with Crippen LogP contribution in [0.1, 0.15) is 23.2 Å². The Labute approximate surface area is 210 Å². The van der Waals surface area contributed by atoms with Gasteiger partial charge in [-0.3, -0.25) is 20.2 Å². The zero-order valence-electron chi connectivity index (χ0n) is 18.9. The molecule has 0 radical (unpaired) electrons. The number of hydrogen-bond donors (Lipinski definition) is 2. The molecule has 5 rings (SSSR count). The number of halogens is 1. The minimum Gasteiger partial charge on any atom is -0.436 e. The zero-order valence-corrected chi connectivity index (χ0v) is 19.7. The van der Waals surface area contributed by atoms with Crippen molar-refractivity contribution in [3.05, 3.63) is 82.2 Å². The molecular formula is C25H20FN5O4S. The molecule has 182 valence electrons. The summed E-state index contributed by atoms with van der Waals surface area (Å²) in [6.45, 7) is 1.50. The maximum absolute atomic E-state index is 14.1. The molecule has 0 bridgehead atoms. The fourth-order valence-electron chi connectivity index (χ4n) is 4.13. The van der Waals surface area contributed by atoms with Gasteiger partial charge in [0.25, 0.3) is 11.6 Å². The lowest BCUT2D eigenvalue weighted by Crippen LogP contribution is -2.34. The highest BCUT2D eigenvalue weighted by Gasteiger charge is 2.24. The maximum Gasteiger partial charge on any atom is 0.293 e. The molecule has 4 aromatic rings. The summed E-state index contributed by atoms with van der Waals surface area (Å²) in [7, 11) is 0. The Balaban J connectivity index is 1.29. The summed E-state index contributed by atoms with van der Waals surface area (Å²) in [5, 5.41) is 17.0. The molecule has 2 N–H and O–H groups in total. The topological polar surface area (TPSA) is 114 Å². The Morgan fingerprint density at radius 3 is 2.64 bits per heavy atom. The second-order valence-corrected chi connectivity index (χ2v) is 8.65. The largest absolute Gasteiger partial charge is 0.436 e. The molecule has 0 unspecified atom stereocenters. The van der Waals surface area contributed by atoms with Crippen LogP contribution in [0.3, 0.4) is 0 Å². The van der Waals surface area contributed by atoms with E-state index in [0.717, 1.165) is 25.9 Å². The number of anilines is 2. The molecule has 11 heteroatoms. The molecule has 2 heterocycles. The van der Waals surface area contributed by atoms with E-state index >= 15 is 0 Å². The van der Waals surface area contributed by atoms with Crippen LogP contribution in [0.15, 0.2) is 65.1 Å². The predicted octanol–water partition coefficient (Wildman–Crippen LogP) is 5.27. The van der Waals surface area contributed by atoms with Crippen LogP contribution in [0.25, 0.3) is 22.6 Å². The monoisotopic (exact) mass is 505 g/mol. The Morgan fingerprint density at radius 2 is 1.89 bits per heavy atom. The van der Waals surface area contributed by atoms with Crippen LogP contribution in [0.2, 0.25) is 0 Å². The average molecular weight is 506 g/mol. The van der Waals surface area contributed by atoms with Crippen molar-refractivity contribution < 1.29 is 18.5 Å². The van der Waals surface area contributed by atoms with E-state index < -0.39 is 16.6 Å². The SMILES string of the molecule is O=C(NC(=S)Nc1ccc2oc(-c3ccccc3F)nc2c1)c1ccc(N2CCCC2)c([N+](=O)[O-])c1. The first-order chi connectivity index (χ1) is 17.4. The Hall–Kier alpha value is -4.38. The number of oxazole rings is 1. The predicted molar refractivity (Wildman–Crippen MR) is 138 cm³/mol. The van der Waals surface area contributed by atoms with E-state index in [-0.39, 0.29) is 27.8 Å². The number of amides is 1. The number of benzene rings is 3. The van der Waals surface area contributed by atoms with Crippen molar-refractivity contribution >= 4 is 51.4 Å². The van der Waals surface area contributed by atoms with Crippen LogP contribution in [0, 0.1) is 15.9 Å². The number of carbonyl (C=O) groups is 1. The van der Waals surface area contributed by atoms with E-state index in [1.807, 2.05) is 4.90 Å². The van der Waals surface area contributed by atoms with Crippen molar-refractivity contribution in [2.45, 2.75) is 12.8 Å². The van der Waals surface area contributed by atoms with Gasteiger partial charge in [-0.05, 0) is 67.5 Å². The number of nitrogens with zero attached hydrogens (tertiary/aromatic N) is 3. The van der Waals surface area contributed by atoms with E-state index in [4.69, 9.17) is 16.6 Å². The lowest BCUT2D eigenvalue weighted by molar-refractivity contribution is -0.384. The van der Waals surface area contributed by atoms with Crippen LogP contribution >= 0.6 is 12.2 Å². The van der Waals surface area contributed by atoms with Crippen LogP contribution in [0.5, 0.6) is 0 Å². The minimum atomic E-state index is -0.576. The van der Waals surface area contributed by atoms with E-state index in [2.05, 4.69) is 15.6 Å². The molecule has 0 aliphatic carbocycles. The molecule has 1 amide bonds. The van der Waals surface area contributed by atoms with Crippen molar-refractivity contribution in [3.8, 4) is 11.5 Å². The second kappa shape index (κ2) is 9.70. The number of thiocarbonyl (C=S) groups is 1. The van der Waals surface area contributed by atoms with Crippen LogP contribution in [-0.2, 0) is 0 Å². The average Bonchev–Trinajstić information content (AvgIpc) is 3.54. The first-order valence-electron chi connectivity index (χ1n) is 11.2. The van der Waals surface area contributed by atoms with Gasteiger partial charge in [-0.15, -0.1) is 0 Å². The van der Waals surface area contributed by atoms with E-state index in [0.29, 0.717) is 22.5 Å². The molecule has 1 aliphatic heterocycles. The fraction of sp³-hybridized carbons (Fsp3) is 0.160. The summed E-state index contributed by atoms with van der Waals surface area (Å²) in [6.07, 6.45) is 1.95. The van der Waals surface area contributed by atoms with E-state index in [9.17, 15) is 19.3 Å². The number of aromatic nitrogens is 1. The van der Waals surface area contributed by atoms with Crippen molar-refractivity contribution in [2.75, 3.05) is 23.3 Å². The molecule has 1 aromatic heterocycles. The standard InChI is InChI=1S/C25H20FN5O4S/c26-18-6-2-1-5-17(18)24-28-19-14-16(8-10-22(19)35-24)27-25(36)29-23(32)15-7-9-20(21(13-15)31(33)34)30-11-3-4-12-30/h1-2,5-10,13-14H,3-4,11-12H2,(H2,27,29,32,36). The smallest absolute Gasteiger partial charge is 0.293 e. The van der Waals surface area contributed by atoms with Gasteiger partial charge in [0, 0.05) is 30.4 Å². The van der Waals surface area contributed by atoms with Crippen molar-refractivity contribution in [3.63, 3.8) is 0 Å². The number of rotatable bonds is 5. The number of carbonyl (C=O) groups excluding carboxylic acids is 1. The number of nitro groups is 1. The third-order valence-corrected chi connectivity index (χ3v) is 6.06. The van der Waals surface area contributed by atoms with Crippen LogP contribution < -0.4 is 15.5 Å². The summed E-state index contributed by atoms with van der Waals surface area (Å²) in [5.74, 6) is -0.872. The van der Waals surface area contributed by atoms with Crippen molar-refractivity contribution in [2.24, 2.45) is 0 Å². The molecule has 1 aliphatic rings. The minimum absolute atomic E-state index is 0.00319. The van der Waals surface area contributed by atoms with Gasteiger partial charge < -0.3 is 14.6 Å². The number of nitrogens with one attached hydrogen (secondary N) is 2. The van der Waals surface area contributed by atoms with E-state index in [1.54, 1.807) is 48.5 Å². The summed E-state index contributed by atoms with van der Waals surface area (Å²) in [5.41, 5.74) is 2.21. The van der Waals surface area contributed by atoms with Gasteiger partial charge in [0.2, 0.25) is 5.89 Å². The van der Waals surface area contributed by atoms with Gasteiger partial charge in [0.15, 0.2) is 10.7 Å². The lowest BCUT2D eigenvalue weighted by Gasteiger charge is -2.18. The van der Waals surface area contributed by atoms with Gasteiger partial charge in [0.1, 0.15) is 17.0 Å². The summed E-state index contributed by atoms with van der Waals surface area (Å²) >= 11 is 5.25. The maximum atomic E-state index is 14.1. The van der Waals surface area contributed by atoms with Gasteiger partial charge in [-0.25, -0.2) is 9.37 Å². The Bertz CT molecular complexity index is 1500. The van der Waals surface area contributed by atoms with Gasteiger partial charge >= 0.3 is 0 Å². The molecule has 1 fully saturated rings. The highest BCUT2D eigenvalue weighted by Crippen LogP contribution is 2.32. The molecule has 3 aromatic carbocycles. The molecular weight excluding hydrogens is 485 g/mol. The summed E-state index contributed by atoms with van der Waals surface area (Å²) < 4.78 is 19.7. The summed E-state index contributed by atoms with van der Waals surface area (Å²) in [4.78, 5) is 30.1. The van der Waals surface area contributed by atoms with E-state index in [1.165, 1.54) is 12.1 Å². The number of nitro benzene ring substituents is 1. The second-order valence-electron chi connectivity index (χ2n) is 8.24. The Morgan fingerprint density at radius 1 is 1.11 bits per heavy atom. The van der Waals surface area contributed by atoms with Gasteiger partial charge in [-0.1, -0.05) is 12.1 Å². The molecule has 36 heavy (non-hydrogen) atoms. The highest BCUT2D eigenvalue weighted by atomic mass is 32.1. The summed E-state index contributed by atoms with van der Waals surface area (Å²) in [6, 6.07) is 15.6. The number of fused-ring (bicyclic) bond motifs is 1. The third kappa shape index (κ3) is 4.73. The quantitative estimate of drug-likeness (QED) is 0.214. The van der Waals surface area contributed by atoms with Crippen LogP contribution in [-0.4, -0.2) is 34.0 Å². The highest BCUT2D eigenvalue weighted by molar-refractivity contribution is 7.80. The lowest BCUT2D eigenvalue weighted by atomic mass is 10.1. The molecule has 0 spiro atoms. The third-order valence-electron chi connectivity index (χ3n) is 5.86. The number of hydrogen-bond acceptors (Lipinski definition) is 7. The molecule has 1 saturated heterocycles. The van der Waals surface area contributed by atoms with Gasteiger partial charge in [-0.2, -0.15) is 0 Å². The van der Waals surface area contributed by atoms with Crippen LogP contribution in [0.4, 0.5) is 21.5 Å². The first kappa shape index (κ1) is 23.4. The fourth-order valence-corrected chi connectivity index (χ4v) is 4.34. The van der Waals surface area contributed by atoms with Gasteiger partial charge in [0.05, 0.1) is 10.5 Å². The molecule has 0 atom stereocenters. The van der Waals surface area contributed by atoms with Crippen molar-refractivity contribution in [1.29, 1.82) is 0 Å². The Kier molecular flexibility index (Phi) is 6.30. The normalized spacial score (nSPS) is 13.1. The molecule has 0 saturated carbocycles. The zero-order chi connectivity index (χ0) is 25.2. The van der Waals surface area contributed by atoms with Crippen molar-refractivity contribution in [1.82, 2.24) is 10.3 Å². The first-order valence-corrected chi connectivity index (χ1v) is 11.6. The molecule has 9 nitrogen and oxygen atoms in total.